The summed E-state index contributed by atoms with van der Waals surface area (Å²) in [6, 6.07) is 16.4. The van der Waals surface area contributed by atoms with E-state index in [0.29, 0.717) is 0 Å². The largest absolute Gasteiger partial charge is 0.309 e. The fourth-order valence-corrected chi connectivity index (χ4v) is 2.80. The lowest BCUT2D eigenvalue weighted by molar-refractivity contribution is 0.104. The first kappa shape index (κ1) is 23.1. The van der Waals surface area contributed by atoms with Crippen LogP contribution in [0.5, 0.6) is 0 Å². The second-order valence-electron chi connectivity index (χ2n) is 8.17. The Hall–Kier alpha value is -1.90. The Balaban J connectivity index is 0.00000364. The number of nitrogens with zero attached hydrogens (tertiary/aromatic N) is 1. The maximum absolute atomic E-state index is 12.4. The van der Waals surface area contributed by atoms with Crippen molar-refractivity contribution < 1.29 is 4.79 Å². The van der Waals surface area contributed by atoms with Crippen LogP contribution < -0.4 is 0 Å². The maximum Gasteiger partial charge on any atom is 0.185 e. The van der Waals surface area contributed by atoms with Crippen LogP contribution >= 0.6 is 12.4 Å². The molecule has 2 aromatic rings. The van der Waals surface area contributed by atoms with Crippen LogP contribution in [0.4, 0.5) is 0 Å². The number of carbonyl (C=O) groups excluding carboxylic acids is 1. The highest BCUT2D eigenvalue weighted by molar-refractivity contribution is 6.06. The minimum absolute atomic E-state index is 0. The van der Waals surface area contributed by atoms with Crippen molar-refractivity contribution in [2.75, 3.05) is 20.6 Å². The molecule has 0 atom stereocenters. The molecule has 0 saturated heterocycles. The highest BCUT2D eigenvalue weighted by Gasteiger charge is 2.12. The van der Waals surface area contributed by atoms with Gasteiger partial charge in [-0.3, -0.25) is 4.79 Å². The van der Waals surface area contributed by atoms with Gasteiger partial charge in [-0.2, -0.15) is 0 Å². The third-order valence-electron chi connectivity index (χ3n) is 4.51. The highest BCUT2D eigenvalue weighted by Crippen LogP contribution is 2.22. The van der Waals surface area contributed by atoms with E-state index in [1.54, 1.807) is 6.08 Å². The summed E-state index contributed by atoms with van der Waals surface area (Å²) in [5.41, 5.74) is 4.51. The van der Waals surface area contributed by atoms with Crippen molar-refractivity contribution in [1.82, 2.24) is 4.90 Å². The number of allylic oxidation sites excluding steroid dienone is 1. The minimum Gasteiger partial charge on any atom is -0.309 e. The fourth-order valence-electron chi connectivity index (χ4n) is 2.80. The van der Waals surface area contributed by atoms with Crippen LogP contribution in [0.2, 0.25) is 0 Å². The van der Waals surface area contributed by atoms with Crippen LogP contribution in [-0.2, 0) is 11.8 Å². The van der Waals surface area contributed by atoms with E-state index < -0.39 is 0 Å². The van der Waals surface area contributed by atoms with Crippen LogP contribution in [0, 0.1) is 0 Å². The molecule has 0 bridgehead atoms. The topological polar surface area (TPSA) is 20.3 Å². The summed E-state index contributed by atoms with van der Waals surface area (Å²) >= 11 is 0. The molecule has 27 heavy (non-hydrogen) atoms. The van der Waals surface area contributed by atoms with Gasteiger partial charge in [-0.05, 0) is 61.7 Å². The maximum atomic E-state index is 12.4. The molecule has 0 radical (unpaired) electrons. The van der Waals surface area contributed by atoms with Gasteiger partial charge >= 0.3 is 0 Å². The van der Waals surface area contributed by atoms with Crippen LogP contribution in [-0.4, -0.2) is 31.3 Å². The zero-order valence-electron chi connectivity index (χ0n) is 17.2. The van der Waals surface area contributed by atoms with Gasteiger partial charge in [-0.25, -0.2) is 0 Å². The van der Waals surface area contributed by atoms with Gasteiger partial charge in [0, 0.05) is 5.56 Å². The molecule has 0 aliphatic heterocycles. The van der Waals surface area contributed by atoms with E-state index in [2.05, 4.69) is 76.2 Å². The van der Waals surface area contributed by atoms with Gasteiger partial charge in [-0.1, -0.05) is 75.4 Å². The standard InChI is InChI=1S/C24H31NO.ClH/c1-24(2,3)22-15-10-20(11-16-22)12-17-23(26)21-13-8-19(9-14-21)7-6-18-25(4)5;/h8-17H,6-7,18H2,1-5H3;1H/b17-12+;. The Morgan fingerprint density at radius 1 is 0.963 bits per heavy atom. The van der Waals surface area contributed by atoms with Gasteiger partial charge < -0.3 is 4.90 Å². The third-order valence-corrected chi connectivity index (χ3v) is 4.51. The quantitative estimate of drug-likeness (QED) is 0.443. The van der Waals surface area contributed by atoms with Crippen LogP contribution in [0.25, 0.3) is 6.08 Å². The fraction of sp³-hybridized carbons (Fsp3) is 0.375. The summed E-state index contributed by atoms with van der Waals surface area (Å²) in [4.78, 5) is 14.6. The zero-order valence-corrected chi connectivity index (χ0v) is 18.0. The smallest absolute Gasteiger partial charge is 0.185 e. The Bertz CT molecular complexity index is 737. The van der Waals surface area contributed by atoms with Crippen molar-refractivity contribution in [1.29, 1.82) is 0 Å². The first-order valence-corrected chi connectivity index (χ1v) is 9.32. The number of hydrogen-bond acceptors (Lipinski definition) is 2. The predicted octanol–water partition coefficient (Wildman–Crippen LogP) is 5.80. The molecule has 0 unspecified atom stereocenters. The van der Waals surface area contributed by atoms with Crippen molar-refractivity contribution >= 4 is 24.3 Å². The van der Waals surface area contributed by atoms with Crippen LogP contribution in [0.15, 0.2) is 54.6 Å². The number of rotatable bonds is 7. The number of halogens is 1. The van der Waals surface area contributed by atoms with E-state index in [1.165, 1.54) is 11.1 Å². The SMILES string of the molecule is CN(C)CCCc1ccc(C(=O)/C=C/c2ccc(C(C)(C)C)cc2)cc1.Cl. The number of aryl methyl sites for hydroxylation is 1. The second kappa shape index (κ2) is 10.4. The summed E-state index contributed by atoms with van der Waals surface area (Å²) in [5, 5.41) is 0. The molecule has 146 valence electrons. The van der Waals surface area contributed by atoms with Crippen molar-refractivity contribution in [3.05, 3.63) is 76.9 Å². The molecule has 3 heteroatoms. The van der Waals surface area contributed by atoms with Gasteiger partial charge in [0.15, 0.2) is 5.78 Å². The molecule has 2 rings (SSSR count). The molecule has 0 heterocycles. The lowest BCUT2D eigenvalue weighted by Crippen LogP contribution is -2.13. The predicted molar refractivity (Wildman–Crippen MR) is 119 cm³/mol. The Kier molecular flexibility index (Phi) is 8.95. The Morgan fingerprint density at radius 2 is 1.56 bits per heavy atom. The molecule has 0 fully saturated rings. The average molecular weight is 386 g/mol. The molecule has 0 aliphatic carbocycles. The Morgan fingerprint density at radius 3 is 2.07 bits per heavy atom. The lowest BCUT2D eigenvalue weighted by Gasteiger charge is -2.18. The lowest BCUT2D eigenvalue weighted by atomic mass is 9.87. The average Bonchev–Trinajstić information content (AvgIpc) is 2.59. The summed E-state index contributed by atoms with van der Waals surface area (Å²) in [6.45, 7) is 7.68. The van der Waals surface area contributed by atoms with Gasteiger partial charge in [0.25, 0.3) is 0 Å². The molecule has 0 amide bonds. The molecule has 0 saturated carbocycles. The summed E-state index contributed by atoms with van der Waals surface area (Å²) in [6.07, 6.45) is 5.72. The number of hydrogen-bond donors (Lipinski definition) is 0. The molecule has 0 spiro atoms. The van der Waals surface area contributed by atoms with Gasteiger partial charge in [0.2, 0.25) is 0 Å². The summed E-state index contributed by atoms with van der Waals surface area (Å²) in [7, 11) is 4.18. The number of carbonyl (C=O) groups is 1. The second-order valence-corrected chi connectivity index (χ2v) is 8.17. The molecule has 0 N–H and O–H groups in total. The Labute approximate surface area is 170 Å². The first-order chi connectivity index (χ1) is 12.3. The van der Waals surface area contributed by atoms with Crippen LogP contribution in [0.3, 0.4) is 0 Å². The monoisotopic (exact) mass is 385 g/mol. The van der Waals surface area contributed by atoms with Gasteiger partial charge in [0.05, 0.1) is 0 Å². The summed E-state index contributed by atoms with van der Waals surface area (Å²) < 4.78 is 0. The van der Waals surface area contributed by atoms with E-state index in [0.717, 1.165) is 30.5 Å². The minimum atomic E-state index is 0. The molecule has 2 aromatic carbocycles. The molecule has 2 nitrogen and oxygen atoms in total. The number of ketones is 1. The first-order valence-electron chi connectivity index (χ1n) is 9.32. The van der Waals surface area contributed by atoms with Crippen LogP contribution in [0.1, 0.15) is 54.2 Å². The highest BCUT2D eigenvalue weighted by atomic mass is 35.5. The van der Waals surface area contributed by atoms with Crippen molar-refractivity contribution in [3.63, 3.8) is 0 Å². The number of benzene rings is 2. The van der Waals surface area contributed by atoms with E-state index >= 15 is 0 Å². The van der Waals surface area contributed by atoms with E-state index in [4.69, 9.17) is 0 Å². The summed E-state index contributed by atoms with van der Waals surface area (Å²) in [5.74, 6) is 0.0461. The molecular weight excluding hydrogens is 354 g/mol. The normalized spacial score (nSPS) is 11.6. The van der Waals surface area contributed by atoms with Crippen molar-refractivity contribution in [2.24, 2.45) is 0 Å². The van der Waals surface area contributed by atoms with E-state index in [1.807, 2.05) is 18.2 Å². The zero-order chi connectivity index (χ0) is 19.2. The van der Waals surface area contributed by atoms with Gasteiger partial charge in [0.1, 0.15) is 0 Å². The van der Waals surface area contributed by atoms with E-state index in [-0.39, 0.29) is 23.6 Å². The molecular formula is C24H32ClNO. The van der Waals surface area contributed by atoms with Crippen molar-refractivity contribution in [3.8, 4) is 0 Å². The van der Waals surface area contributed by atoms with E-state index in [9.17, 15) is 4.79 Å². The van der Waals surface area contributed by atoms with Gasteiger partial charge in [-0.15, -0.1) is 12.4 Å². The molecule has 0 aliphatic rings. The molecule has 0 aromatic heterocycles. The third kappa shape index (κ3) is 7.70. The van der Waals surface area contributed by atoms with Crippen molar-refractivity contribution in [2.45, 2.75) is 39.0 Å².